The van der Waals surface area contributed by atoms with Crippen molar-refractivity contribution >= 4 is 17.9 Å². The predicted molar refractivity (Wildman–Crippen MR) is 63.7 cm³/mol. The number of urea groups is 1. The molecule has 100 valence electrons. The van der Waals surface area contributed by atoms with Crippen LogP contribution in [-0.4, -0.2) is 46.5 Å². The third-order valence-electron chi connectivity index (χ3n) is 2.58. The van der Waals surface area contributed by atoms with Gasteiger partial charge in [0.05, 0.1) is 6.42 Å². The van der Waals surface area contributed by atoms with Gasteiger partial charge in [-0.05, 0) is 12.8 Å². The second kappa shape index (κ2) is 6.04. The van der Waals surface area contributed by atoms with Crippen LogP contribution in [0.5, 0.6) is 0 Å². The Morgan fingerprint density at radius 3 is 2.50 bits per heavy atom. The Labute approximate surface area is 105 Å². The van der Waals surface area contributed by atoms with E-state index in [1.165, 1.54) is 4.90 Å². The van der Waals surface area contributed by atoms with Crippen LogP contribution in [0.15, 0.2) is 12.7 Å². The second-order valence-electron chi connectivity index (χ2n) is 4.18. The molecule has 1 rings (SSSR count). The molecule has 1 fully saturated rings. The van der Waals surface area contributed by atoms with Crippen LogP contribution < -0.4 is 11.1 Å². The Bertz CT molecular complexity index is 365. The van der Waals surface area contributed by atoms with E-state index in [9.17, 15) is 14.4 Å². The Morgan fingerprint density at radius 1 is 1.50 bits per heavy atom. The highest BCUT2D eigenvalue weighted by Gasteiger charge is 2.33. The van der Waals surface area contributed by atoms with E-state index in [1.807, 2.05) is 0 Å². The van der Waals surface area contributed by atoms with Crippen LogP contribution in [0, 0.1) is 0 Å². The molecular formula is C11H17N3O4. The number of carbonyl (C=O) groups excluding carboxylic acids is 2. The number of carboxylic acids is 1. The molecule has 7 heteroatoms. The van der Waals surface area contributed by atoms with Gasteiger partial charge < -0.3 is 21.1 Å². The summed E-state index contributed by atoms with van der Waals surface area (Å²) < 4.78 is 0. The molecule has 4 N–H and O–H groups in total. The zero-order valence-corrected chi connectivity index (χ0v) is 9.96. The van der Waals surface area contributed by atoms with E-state index in [4.69, 9.17) is 10.8 Å². The Morgan fingerprint density at radius 2 is 2.11 bits per heavy atom. The first-order chi connectivity index (χ1) is 8.45. The lowest BCUT2D eigenvalue weighted by atomic mass is 10.2. The first-order valence-corrected chi connectivity index (χ1v) is 5.64. The summed E-state index contributed by atoms with van der Waals surface area (Å²) in [5.41, 5.74) is 4.93. The quantitative estimate of drug-likeness (QED) is 0.541. The summed E-state index contributed by atoms with van der Waals surface area (Å²) in [6, 6.07) is -1.67. The third-order valence-corrected chi connectivity index (χ3v) is 2.58. The van der Waals surface area contributed by atoms with Gasteiger partial charge in [-0.2, -0.15) is 0 Å². The number of carbonyl (C=O) groups is 3. The number of carboxylic acid groups (broad SMARTS) is 1. The molecule has 1 aliphatic rings. The molecule has 7 nitrogen and oxygen atoms in total. The number of nitrogens with zero attached hydrogens (tertiary/aromatic N) is 1. The molecule has 0 aliphatic heterocycles. The maximum atomic E-state index is 11.9. The van der Waals surface area contributed by atoms with Crippen molar-refractivity contribution in [3.63, 3.8) is 0 Å². The minimum Gasteiger partial charge on any atom is -0.480 e. The van der Waals surface area contributed by atoms with Crippen molar-refractivity contribution in [3.05, 3.63) is 12.7 Å². The molecule has 0 bridgehead atoms. The molecule has 3 amide bonds. The fraction of sp³-hybridized carbons (Fsp3) is 0.545. The van der Waals surface area contributed by atoms with E-state index >= 15 is 0 Å². The average molecular weight is 255 g/mol. The number of rotatable bonds is 7. The SMILES string of the molecule is C=CCN(C(=O)N[C@@H](CC(N)=O)C(=O)O)C1CC1. The standard InChI is InChI=1S/C11H17N3O4/c1-2-5-14(7-3-4-7)11(18)13-8(10(16)17)6-9(12)15/h2,7-8H,1,3-6H2,(H2,12,15)(H,13,18)(H,16,17)/t8-/m0/s1. The van der Waals surface area contributed by atoms with E-state index in [-0.39, 0.29) is 6.04 Å². The van der Waals surface area contributed by atoms with Crippen LogP contribution in [0.1, 0.15) is 19.3 Å². The van der Waals surface area contributed by atoms with Gasteiger partial charge in [-0.25, -0.2) is 9.59 Å². The van der Waals surface area contributed by atoms with E-state index in [1.54, 1.807) is 6.08 Å². The van der Waals surface area contributed by atoms with Crippen LogP contribution in [0.4, 0.5) is 4.79 Å². The summed E-state index contributed by atoms with van der Waals surface area (Å²) in [6.45, 7) is 3.89. The normalized spacial score (nSPS) is 15.6. The van der Waals surface area contributed by atoms with Gasteiger partial charge in [-0.15, -0.1) is 6.58 Å². The Kier molecular flexibility index (Phi) is 4.70. The van der Waals surface area contributed by atoms with Crippen LogP contribution in [0.25, 0.3) is 0 Å². The second-order valence-corrected chi connectivity index (χ2v) is 4.18. The predicted octanol–water partition coefficient (Wildman–Crippen LogP) is -0.325. The van der Waals surface area contributed by atoms with E-state index in [2.05, 4.69) is 11.9 Å². The Hall–Kier alpha value is -2.05. The molecule has 1 aliphatic carbocycles. The van der Waals surface area contributed by atoms with E-state index in [0.29, 0.717) is 6.54 Å². The van der Waals surface area contributed by atoms with Gasteiger partial charge in [-0.3, -0.25) is 4.79 Å². The number of aliphatic carboxylic acids is 1. The molecule has 1 saturated carbocycles. The lowest BCUT2D eigenvalue weighted by Gasteiger charge is -2.23. The fourth-order valence-electron chi connectivity index (χ4n) is 1.56. The van der Waals surface area contributed by atoms with Gasteiger partial charge in [0.2, 0.25) is 5.91 Å². The smallest absolute Gasteiger partial charge is 0.326 e. The van der Waals surface area contributed by atoms with Gasteiger partial charge in [-0.1, -0.05) is 6.08 Å². The number of primary amides is 1. The summed E-state index contributed by atoms with van der Waals surface area (Å²) in [5.74, 6) is -2.05. The summed E-state index contributed by atoms with van der Waals surface area (Å²) in [6.07, 6.45) is 2.94. The summed E-state index contributed by atoms with van der Waals surface area (Å²) in [5, 5.41) is 11.2. The molecule has 0 aromatic heterocycles. The summed E-state index contributed by atoms with van der Waals surface area (Å²) in [4.78, 5) is 35.0. The number of nitrogens with two attached hydrogens (primary N) is 1. The van der Waals surface area contributed by atoms with Crippen molar-refractivity contribution in [3.8, 4) is 0 Å². The van der Waals surface area contributed by atoms with Gasteiger partial charge >= 0.3 is 12.0 Å². The van der Waals surface area contributed by atoms with Crippen molar-refractivity contribution in [2.24, 2.45) is 5.73 Å². The molecule has 0 saturated heterocycles. The molecule has 18 heavy (non-hydrogen) atoms. The maximum Gasteiger partial charge on any atom is 0.326 e. The van der Waals surface area contributed by atoms with E-state index < -0.39 is 30.4 Å². The lowest BCUT2D eigenvalue weighted by Crippen LogP contribution is -2.50. The molecule has 1 atom stereocenters. The van der Waals surface area contributed by atoms with Gasteiger partial charge in [0.1, 0.15) is 6.04 Å². The van der Waals surface area contributed by atoms with Gasteiger partial charge in [0.25, 0.3) is 0 Å². The minimum absolute atomic E-state index is 0.131. The molecule has 0 aromatic carbocycles. The summed E-state index contributed by atoms with van der Waals surface area (Å²) >= 11 is 0. The highest BCUT2D eigenvalue weighted by atomic mass is 16.4. The number of hydrogen-bond acceptors (Lipinski definition) is 3. The topological polar surface area (TPSA) is 113 Å². The largest absolute Gasteiger partial charge is 0.480 e. The highest BCUT2D eigenvalue weighted by molar-refractivity contribution is 5.87. The molecular weight excluding hydrogens is 238 g/mol. The van der Waals surface area contributed by atoms with Crippen molar-refractivity contribution < 1.29 is 19.5 Å². The monoisotopic (exact) mass is 255 g/mol. The number of hydrogen-bond donors (Lipinski definition) is 3. The molecule has 0 radical (unpaired) electrons. The third kappa shape index (κ3) is 4.08. The fourth-order valence-corrected chi connectivity index (χ4v) is 1.56. The lowest BCUT2D eigenvalue weighted by molar-refractivity contribution is -0.140. The number of nitrogens with one attached hydrogen (secondary N) is 1. The zero-order chi connectivity index (χ0) is 13.7. The van der Waals surface area contributed by atoms with Crippen LogP contribution in [0.3, 0.4) is 0 Å². The molecule has 0 aromatic rings. The van der Waals surface area contributed by atoms with Gasteiger partial charge in [0.15, 0.2) is 0 Å². The molecule has 0 unspecified atom stereocenters. The van der Waals surface area contributed by atoms with Crippen LogP contribution >= 0.6 is 0 Å². The first kappa shape index (κ1) is 14.0. The minimum atomic E-state index is -1.29. The van der Waals surface area contributed by atoms with Gasteiger partial charge in [0, 0.05) is 12.6 Å². The van der Waals surface area contributed by atoms with Crippen LogP contribution in [-0.2, 0) is 9.59 Å². The molecule has 0 spiro atoms. The van der Waals surface area contributed by atoms with Crippen molar-refractivity contribution in [2.75, 3.05) is 6.54 Å². The summed E-state index contributed by atoms with van der Waals surface area (Å²) in [7, 11) is 0. The van der Waals surface area contributed by atoms with Crippen molar-refractivity contribution in [2.45, 2.75) is 31.3 Å². The zero-order valence-electron chi connectivity index (χ0n) is 9.96. The number of amides is 3. The first-order valence-electron chi connectivity index (χ1n) is 5.64. The van der Waals surface area contributed by atoms with Crippen molar-refractivity contribution in [1.82, 2.24) is 10.2 Å². The van der Waals surface area contributed by atoms with E-state index in [0.717, 1.165) is 12.8 Å². The van der Waals surface area contributed by atoms with Crippen molar-refractivity contribution in [1.29, 1.82) is 0 Å². The molecule has 0 heterocycles. The highest BCUT2D eigenvalue weighted by Crippen LogP contribution is 2.26. The average Bonchev–Trinajstić information content (AvgIpc) is 3.07. The maximum absolute atomic E-state index is 11.9. The van der Waals surface area contributed by atoms with Crippen LogP contribution in [0.2, 0.25) is 0 Å². The Balaban J connectivity index is 2.60.